The third kappa shape index (κ3) is 5.06. The molecular formula is C17H28BrN3. The molecule has 0 radical (unpaired) electrons. The zero-order valence-electron chi connectivity index (χ0n) is 13.5. The first-order chi connectivity index (χ1) is 10.1. The average molecular weight is 354 g/mol. The van der Waals surface area contributed by atoms with Gasteiger partial charge in [-0.2, -0.15) is 0 Å². The second-order valence-corrected chi connectivity index (χ2v) is 7.14. The normalized spacial score (nSPS) is 21.7. The molecular weight excluding hydrogens is 326 g/mol. The van der Waals surface area contributed by atoms with Crippen LogP contribution in [0.4, 0.5) is 0 Å². The molecule has 2 rings (SSSR count). The Morgan fingerprint density at radius 3 is 2.71 bits per heavy atom. The van der Waals surface area contributed by atoms with Gasteiger partial charge in [0.05, 0.1) is 0 Å². The quantitative estimate of drug-likeness (QED) is 0.847. The topological polar surface area (TPSA) is 18.5 Å². The van der Waals surface area contributed by atoms with Crippen LogP contribution in [0.15, 0.2) is 28.7 Å². The van der Waals surface area contributed by atoms with Gasteiger partial charge in [0.1, 0.15) is 0 Å². The van der Waals surface area contributed by atoms with Crippen LogP contribution in [0.5, 0.6) is 0 Å². The highest BCUT2D eigenvalue weighted by Crippen LogP contribution is 2.21. The lowest BCUT2D eigenvalue weighted by molar-refractivity contribution is 0.131. The van der Waals surface area contributed by atoms with Crippen LogP contribution < -0.4 is 5.32 Å². The van der Waals surface area contributed by atoms with Gasteiger partial charge in [-0.25, -0.2) is 0 Å². The Labute approximate surface area is 137 Å². The molecule has 4 heteroatoms. The van der Waals surface area contributed by atoms with Crippen molar-refractivity contribution in [3.05, 3.63) is 34.3 Å². The van der Waals surface area contributed by atoms with Crippen LogP contribution in [-0.4, -0.2) is 56.6 Å². The van der Waals surface area contributed by atoms with E-state index in [1.807, 2.05) is 0 Å². The van der Waals surface area contributed by atoms with E-state index in [0.717, 1.165) is 17.4 Å². The zero-order chi connectivity index (χ0) is 15.2. The predicted molar refractivity (Wildman–Crippen MR) is 93.7 cm³/mol. The molecule has 2 unspecified atom stereocenters. The summed E-state index contributed by atoms with van der Waals surface area (Å²) in [6.07, 6.45) is 3.81. The molecule has 0 bridgehead atoms. The summed E-state index contributed by atoms with van der Waals surface area (Å²) in [6.45, 7) is 3.60. The Morgan fingerprint density at radius 2 is 2.10 bits per heavy atom. The SMILES string of the molecule is CNC(CCN(C)C1CCCN(C)C1)c1ccc(Br)cc1. The highest BCUT2D eigenvalue weighted by molar-refractivity contribution is 9.10. The third-order valence-electron chi connectivity index (χ3n) is 4.61. The smallest absolute Gasteiger partial charge is 0.0329 e. The molecule has 1 aliphatic rings. The predicted octanol–water partition coefficient (Wildman–Crippen LogP) is 3.13. The lowest BCUT2D eigenvalue weighted by atomic mass is 10.0. The van der Waals surface area contributed by atoms with Gasteiger partial charge in [0, 0.05) is 23.1 Å². The molecule has 0 aliphatic carbocycles. The van der Waals surface area contributed by atoms with Crippen molar-refractivity contribution in [1.82, 2.24) is 15.1 Å². The van der Waals surface area contributed by atoms with Gasteiger partial charge in [-0.3, -0.25) is 0 Å². The molecule has 0 spiro atoms. The van der Waals surface area contributed by atoms with Crippen molar-refractivity contribution in [3.8, 4) is 0 Å². The number of nitrogens with one attached hydrogen (secondary N) is 1. The van der Waals surface area contributed by atoms with E-state index < -0.39 is 0 Å². The van der Waals surface area contributed by atoms with Crippen molar-refractivity contribution < 1.29 is 0 Å². The average Bonchev–Trinajstić information content (AvgIpc) is 2.49. The van der Waals surface area contributed by atoms with E-state index in [0.29, 0.717) is 12.1 Å². The zero-order valence-corrected chi connectivity index (χ0v) is 15.1. The number of halogens is 1. The van der Waals surface area contributed by atoms with E-state index >= 15 is 0 Å². The summed E-state index contributed by atoms with van der Waals surface area (Å²) in [7, 11) is 6.57. The van der Waals surface area contributed by atoms with Crippen LogP contribution in [-0.2, 0) is 0 Å². The summed E-state index contributed by atoms with van der Waals surface area (Å²) >= 11 is 3.50. The highest BCUT2D eigenvalue weighted by atomic mass is 79.9. The summed E-state index contributed by atoms with van der Waals surface area (Å²) in [5, 5.41) is 3.45. The molecule has 1 N–H and O–H groups in total. The number of piperidine rings is 1. The van der Waals surface area contributed by atoms with Crippen LogP contribution in [0.3, 0.4) is 0 Å². The maximum absolute atomic E-state index is 3.50. The molecule has 1 aromatic rings. The Hall–Kier alpha value is -0.420. The standard InChI is InChI=1S/C17H28BrN3/c1-19-17(14-6-8-15(18)9-7-14)10-12-21(3)16-5-4-11-20(2)13-16/h6-9,16-17,19H,4-5,10-13H2,1-3H3. The molecule has 1 heterocycles. The maximum Gasteiger partial charge on any atom is 0.0329 e. The van der Waals surface area contributed by atoms with Crippen molar-refractivity contribution in [1.29, 1.82) is 0 Å². The summed E-state index contributed by atoms with van der Waals surface area (Å²) in [6, 6.07) is 9.81. The van der Waals surface area contributed by atoms with Crippen LogP contribution in [0.25, 0.3) is 0 Å². The molecule has 118 valence electrons. The fraction of sp³-hybridized carbons (Fsp3) is 0.647. The van der Waals surface area contributed by atoms with Crippen LogP contribution in [0.2, 0.25) is 0 Å². The van der Waals surface area contributed by atoms with Crippen LogP contribution in [0.1, 0.15) is 30.9 Å². The third-order valence-corrected chi connectivity index (χ3v) is 5.14. The van der Waals surface area contributed by atoms with E-state index in [4.69, 9.17) is 0 Å². The minimum Gasteiger partial charge on any atom is -0.313 e. The summed E-state index contributed by atoms with van der Waals surface area (Å²) in [4.78, 5) is 4.99. The number of benzene rings is 1. The minimum atomic E-state index is 0.432. The molecule has 0 saturated carbocycles. The summed E-state index contributed by atoms with van der Waals surface area (Å²) in [5.41, 5.74) is 1.37. The largest absolute Gasteiger partial charge is 0.313 e. The van der Waals surface area contributed by atoms with Gasteiger partial charge < -0.3 is 15.1 Å². The summed E-state index contributed by atoms with van der Waals surface area (Å²) < 4.78 is 1.14. The molecule has 0 amide bonds. The van der Waals surface area contributed by atoms with Crippen molar-refractivity contribution >= 4 is 15.9 Å². The molecule has 1 fully saturated rings. The Bertz CT molecular complexity index is 421. The molecule has 2 atom stereocenters. The second kappa shape index (κ2) is 8.28. The monoisotopic (exact) mass is 353 g/mol. The van der Waals surface area contributed by atoms with Crippen molar-refractivity contribution in [3.63, 3.8) is 0 Å². The molecule has 21 heavy (non-hydrogen) atoms. The van der Waals surface area contributed by atoms with Crippen molar-refractivity contribution in [2.24, 2.45) is 0 Å². The number of rotatable bonds is 6. The van der Waals surface area contributed by atoms with Gasteiger partial charge in [-0.15, -0.1) is 0 Å². The lowest BCUT2D eigenvalue weighted by Crippen LogP contribution is -2.45. The Kier molecular flexibility index (Phi) is 6.68. The van der Waals surface area contributed by atoms with E-state index in [1.165, 1.54) is 31.5 Å². The lowest BCUT2D eigenvalue weighted by Gasteiger charge is -2.36. The second-order valence-electron chi connectivity index (χ2n) is 6.22. The maximum atomic E-state index is 3.50. The van der Waals surface area contributed by atoms with Gasteiger partial charge >= 0.3 is 0 Å². The fourth-order valence-corrected chi connectivity index (χ4v) is 3.45. The first-order valence-corrected chi connectivity index (χ1v) is 8.71. The molecule has 0 aromatic heterocycles. The molecule has 1 aromatic carbocycles. The minimum absolute atomic E-state index is 0.432. The van der Waals surface area contributed by atoms with E-state index in [9.17, 15) is 0 Å². The first kappa shape index (κ1) is 16.9. The number of nitrogens with zero attached hydrogens (tertiary/aromatic N) is 2. The number of hydrogen-bond donors (Lipinski definition) is 1. The summed E-state index contributed by atoms with van der Waals surface area (Å²) in [5.74, 6) is 0. The number of likely N-dealkylation sites (N-methyl/N-ethyl adjacent to an activating group) is 2. The van der Waals surface area contributed by atoms with E-state index in [-0.39, 0.29) is 0 Å². The Morgan fingerprint density at radius 1 is 1.38 bits per heavy atom. The van der Waals surface area contributed by atoms with Gasteiger partial charge in [-0.1, -0.05) is 28.1 Å². The number of likely N-dealkylation sites (tertiary alicyclic amines) is 1. The van der Waals surface area contributed by atoms with Gasteiger partial charge in [0.2, 0.25) is 0 Å². The van der Waals surface area contributed by atoms with Gasteiger partial charge in [0.25, 0.3) is 0 Å². The highest BCUT2D eigenvalue weighted by Gasteiger charge is 2.21. The molecule has 3 nitrogen and oxygen atoms in total. The number of hydrogen-bond acceptors (Lipinski definition) is 3. The fourth-order valence-electron chi connectivity index (χ4n) is 3.19. The van der Waals surface area contributed by atoms with E-state index in [1.54, 1.807) is 0 Å². The van der Waals surface area contributed by atoms with Crippen LogP contribution >= 0.6 is 15.9 Å². The van der Waals surface area contributed by atoms with Gasteiger partial charge in [-0.05, 0) is 71.2 Å². The Balaban J connectivity index is 1.86. The molecule has 1 saturated heterocycles. The van der Waals surface area contributed by atoms with Gasteiger partial charge in [0.15, 0.2) is 0 Å². The van der Waals surface area contributed by atoms with E-state index in [2.05, 4.69) is 76.5 Å². The van der Waals surface area contributed by atoms with Crippen LogP contribution in [0, 0.1) is 0 Å². The first-order valence-electron chi connectivity index (χ1n) is 7.91. The van der Waals surface area contributed by atoms with Crippen molar-refractivity contribution in [2.45, 2.75) is 31.3 Å². The van der Waals surface area contributed by atoms with Crippen molar-refractivity contribution in [2.75, 3.05) is 40.8 Å². The molecule has 1 aliphatic heterocycles.